The number of benzene rings is 1. The van der Waals surface area contributed by atoms with Gasteiger partial charge in [0.05, 0.1) is 0 Å². The predicted octanol–water partition coefficient (Wildman–Crippen LogP) is 2.84. The summed E-state index contributed by atoms with van der Waals surface area (Å²) < 4.78 is 4.26. The molecule has 8 heteroatoms. The second kappa shape index (κ2) is 8.77. The molecular weight excluding hydrogens is 386 g/mol. The number of Topliss-reactive ketones (excluding diaryl/α,β-unsaturated/α-hetero) is 1. The summed E-state index contributed by atoms with van der Waals surface area (Å²) in [5, 5.41) is 16.7. The molecule has 1 aliphatic rings. The number of carboxylic acid groups (broad SMARTS) is 2. The second-order valence-electron chi connectivity index (χ2n) is 7.13. The van der Waals surface area contributed by atoms with Gasteiger partial charge in [0.15, 0.2) is 5.78 Å². The van der Waals surface area contributed by atoms with E-state index >= 15 is 0 Å². The fourth-order valence-electron chi connectivity index (χ4n) is 3.81. The average Bonchev–Trinajstić information content (AvgIpc) is 3.24. The van der Waals surface area contributed by atoms with Crippen molar-refractivity contribution in [2.24, 2.45) is 13.0 Å². The van der Waals surface area contributed by atoms with Gasteiger partial charge in [-0.3, -0.25) is 4.79 Å². The van der Waals surface area contributed by atoms with Crippen LogP contribution in [0.25, 0.3) is 10.9 Å². The highest BCUT2D eigenvalue weighted by Gasteiger charge is 2.32. The van der Waals surface area contributed by atoms with E-state index in [0.29, 0.717) is 12.2 Å². The van der Waals surface area contributed by atoms with Crippen LogP contribution in [0.1, 0.15) is 28.3 Å². The Morgan fingerprint density at radius 1 is 1.20 bits per heavy atom. The standard InChI is InChI=1S/C18H19N3O.C4H4O4/c1-12-19-9-10-21(12)11-13-7-8-16-17(18(13)22)14-5-3-4-6-15(14)20(16)2;5-3(6)1-2-4(7)8/h3-6,9-10,13H,7-8,11H2,1-2H3;1-2H,(H,5,6)(H,7,8)/b;2-1-. The van der Waals surface area contributed by atoms with Gasteiger partial charge in [0, 0.05) is 66.2 Å². The van der Waals surface area contributed by atoms with Crippen molar-refractivity contribution in [3.63, 3.8) is 0 Å². The lowest BCUT2D eigenvalue weighted by Crippen LogP contribution is -2.27. The number of fused-ring (bicyclic) bond motifs is 3. The Morgan fingerprint density at radius 3 is 2.47 bits per heavy atom. The van der Waals surface area contributed by atoms with E-state index in [1.165, 1.54) is 5.69 Å². The van der Waals surface area contributed by atoms with Crippen molar-refractivity contribution in [2.75, 3.05) is 0 Å². The zero-order valence-corrected chi connectivity index (χ0v) is 16.8. The Kier molecular flexibility index (Phi) is 6.15. The molecule has 1 aromatic carbocycles. The summed E-state index contributed by atoms with van der Waals surface area (Å²) in [7, 11) is 2.06. The maximum atomic E-state index is 13.0. The molecule has 0 saturated carbocycles. The van der Waals surface area contributed by atoms with Crippen molar-refractivity contribution in [3.8, 4) is 0 Å². The second-order valence-corrected chi connectivity index (χ2v) is 7.13. The van der Waals surface area contributed by atoms with Gasteiger partial charge in [0.1, 0.15) is 5.82 Å². The Morgan fingerprint density at radius 2 is 1.87 bits per heavy atom. The molecule has 0 bridgehead atoms. The van der Waals surface area contributed by atoms with Crippen LogP contribution in [0.4, 0.5) is 0 Å². The molecule has 0 fully saturated rings. The molecule has 2 heterocycles. The molecule has 0 radical (unpaired) electrons. The van der Waals surface area contributed by atoms with Gasteiger partial charge in [-0.1, -0.05) is 18.2 Å². The van der Waals surface area contributed by atoms with Gasteiger partial charge in [-0.05, 0) is 25.8 Å². The summed E-state index contributed by atoms with van der Waals surface area (Å²) in [5.74, 6) is -1.21. The van der Waals surface area contributed by atoms with Crippen molar-refractivity contribution < 1.29 is 24.6 Å². The van der Waals surface area contributed by atoms with E-state index in [1.54, 1.807) is 6.20 Å². The zero-order chi connectivity index (χ0) is 21.8. The van der Waals surface area contributed by atoms with E-state index in [1.807, 2.05) is 25.3 Å². The van der Waals surface area contributed by atoms with E-state index in [9.17, 15) is 14.4 Å². The van der Waals surface area contributed by atoms with E-state index < -0.39 is 11.9 Å². The largest absolute Gasteiger partial charge is 0.478 e. The van der Waals surface area contributed by atoms with Crippen LogP contribution in [0.15, 0.2) is 48.8 Å². The van der Waals surface area contributed by atoms with Crippen molar-refractivity contribution in [1.29, 1.82) is 0 Å². The predicted molar refractivity (Wildman–Crippen MR) is 110 cm³/mol. The molecule has 30 heavy (non-hydrogen) atoms. The molecule has 2 aromatic heterocycles. The summed E-state index contributed by atoms with van der Waals surface area (Å²) in [4.78, 5) is 36.4. The van der Waals surface area contributed by atoms with Crippen LogP contribution >= 0.6 is 0 Å². The fraction of sp³-hybridized carbons (Fsp3) is 0.273. The summed E-state index contributed by atoms with van der Waals surface area (Å²) >= 11 is 0. The van der Waals surface area contributed by atoms with Crippen molar-refractivity contribution in [2.45, 2.75) is 26.3 Å². The maximum Gasteiger partial charge on any atom is 0.328 e. The Bertz CT molecular complexity index is 1120. The SMILES string of the molecule is Cc1nccn1CC1CCc2c(c3ccccc3n2C)C1=O.O=C(O)/C=C\C(=O)O. The van der Waals surface area contributed by atoms with Crippen LogP contribution in [-0.4, -0.2) is 42.1 Å². The number of nitrogens with zero attached hydrogens (tertiary/aromatic N) is 3. The minimum atomic E-state index is -1.26. The summed E-state index contributed by atoms with van der Waals surface area (Å²) in [5.41, 5.74) is 3.28. The lowest BCUT2D eigenvalue weighted by molar-refractivity contribution is -0.134. The van der Waals surface area contributed by atoms with E-state index in [-0.39, 0.29) is 11.7 Å². The third kappa shape index (κ3) is 4.32. The molecule has 4 rings (SSSR count). The Labute approximate surface area is 173 Å². The van der Waals surface area contributed by atoms with Crippen molar-refractivity contribution in [1.82, 2.24) is 14.1 Å². The third-order valence-electron chi connectivity index (χ3n) is 5.28. The van der Waals surface area contributed by atoms with Gasteiger partial charge in [-0.2, -0.15) is 0 Å². The van der Waals surface area contributed by atoms with Gasteiger partial charge in [-0.15, -0.1) is 0 Å². The number of rotatable bonds is 4. The molecule has 0 aliphatic heterocycles. The monoisotopic (exact) mass is 409 g/mol. The molecule has 0 spiro atoms. The number of aromatic nitrogens is 3. The fourth-order valence-corrected chi connectivity index (χ4v) is 3.81. The molecule has 2 N–H and O–H groups in total. The van der Waals surface area contributed by atoms with Crippen LogP contribution in [-0.2, 0) is 29.6 Å². The first-order chi connectivity index (χ1) is 14.3. The smallest absolute Gasteiger partial charge is 0.328 e. The van der Waals surface area contributed by atoms with Gasteiger partial charge < -0.3 is 19.3 Å². The van der Waals surface area contributed by atoms with Gasteiger partial charge in [-0.25, -0.2) is 14.6 Å². The number of carbonyl (C=O) groups is 3. The number of carbonyl (C=O) groups excluding carboxylic acids is 1. The number of ketones is 1. The Balaban J connectivity index is 0.000000275. The molecular formula is C22H23N3O5. The normalized spacial score (nSPS) is 15.7. The van der Waals surface area contributed by atoms with E-state index in [0.717, 1.165) is 41.7 Å². The van der Waals surface area contributed by atoms with Gasteiger partial charge in [0.2, 0.25) is 0 Å². The third-order valence-corrected chi connectivity index (χ3v) is 5.28. The molecule has 3 aromatic rings. The number of aliphatic carboxylic acids is 2. The van der Waals surface area contributed by atoms with Crippen LogP contribution < -0.4 is 0 Å². The highest BCUT2D eigenvalue weighted by Crippen LogP contribution is 2.34. The molecule has 1 atom stereocenters. The van der Waals surface area contributed by atoms with Gasteiger partial charge >= 0.3 is 11.9 Å². The first kappa shape index (κ1) is 21.0. The number of aryl methyl sites for hydroxylation is 2. The molecule has 0 saturated heterocycles. The zero-order valence-electron chi connectivity index (χ0n) is 16.8. The van der Waals surface area contributed by atoms with Crippen molar-refractivity contribution >= 4 is 28.6 Å². The maximum absolute atomic E-state index is 13.0. The summed E-state index contributed by atoms with van der Waals surface area (Å²) in [6, 6.07) is 8.21. The lowest BCUT2D eigenvalue weighted by atomic mass is 9.85. The molecule has 156 valence electrons. The summed E-state index contributed by atoms with van der Waals surface area (Å²) in [6.07, 6.45) is 6.75. The topological polar surface area (TPSA) is 114 Å². The number of hydrogen-bond donors (Lipinski definition) is 2. The minimum Gasteiger partial charge on any atom is -0.478 e. The quantitative estimate of drug-likeness (QED) is 0.641. The molecule has 8 nitrogen and oxygen atoms in total. The number of imidazole rings is 1. The van der Waals surface area contributed by atoms with Crippen LogP contribution in [0.5, 0.6) is 0 Å². The molecule has 1 aliphatic carbocycles. The molecule has 1 unspecified atom stereocenters. The lowest BCUT2D eigenvalue weighted by Gasteiger charge is -2.23. The number of hydrogen-bond acceptors (Lipinski definition) is 4. The molecule has 0 amide bonds. The van der Waals surface area contributed by atoms with Crippen LogP contribution in [0.3, 0.4) is 0 Å². The summed E-state index contributed by atoms with van der Waals surface area (Å²) in [6.45, 7) is 2.71. The number of para-hydroxylation sites is 1. The highest BCUT2D eigenvalue weighted by molar-refractivity contribution is 6.11. The average molecular weight is 409 g/mol. The minimum absolute atomic E-state index is 0.0474. The van der Waals surface area contributed by atoms with Crippen molar-refractivity contribution in [3.05, 3.63) is 65.9 Å². The van der Waals surface area contributed by atoms with Crippen LogP contribution in [0, 0.1) is 12.8 Å². The Hall–Kier alpha value is -3.68. The number of carboxylic acids is 2. The first-order valence-corrected chi connectivity index (χ1v) is 9.51. The van der Waals surface area contributed by atoms with E-state index in [4.69, 9.17) is 10.2 Å². The van der Waals surface area contributed by atoms with Crippen LogP contribution in [0.2, 0.25) is 0 Å². The first-order valence-electron chi connectivity index (χ1n) is 9.51. The highest BCUT2D eigenvalue weighted by atomic mass is 16.4. The van der Waals surface area contributed by atoms with E-state index in [2.05, 4.69) is 33.3 Å². The van der Waals surface area contributed by atoms with Gasteiger partial charge in [0.25, 0.3) is 0 Å².